The average molecular weight is 774 g/mol. The minimum atomic E-state index is 0.172. The molecule has 0 N–H and O–H groups in total. The second-order valence-corrected chi connectivity index (χ2v) is 16.8. The lowest BCUT2D eigenvalue weighted by molar-refractivity contribution is 1.01. The number of hydrogen-bond acceptors (Lipinski definition) is 0. The highest BCUT2D eigenvalue weighted by atomic mass is 15.0. The summed E-state index contributed by atoms with van der Waals surface area (Å²) in [6, 6.07) is 83.7. The van der Waals surface area contributed by atoms with Crippen LogP contribution in [0.25, 0.3) is 82.8 Å². The first-order valence-electron chi connectivity index (χ1n) is 21.4. The molecule has 0 fully saturated rings. The largest absolute Gasteiger partial charge is 0.309 e. The highest BCUT2D eigenvalue weighted by molar-refractivity contribution is 6.14. The Balaban J connectivity index is 0.997. The van der Waals surface area contributed by atoms with Gasteiger partial charge in [0.2, 0.25) is 0 Å². The lowest BCUT2D eigenvalue weighted by Crippen LogP contribution is -2.00. The van der Waals surface area contributed by atoms with Crippen LogP contribution in [0.15, 0.2) is 224 Å². The van der Waals surface area contributed by atoms with E-state index in [2.05, 4.69) is 229 Å². The Bertz CT molecular complexity index is 3510. The molecule has 2 atom stereocenters. The second kappa shape index (κ2) is 13.4. The van der Waals surface area contributed by atoms with E-state index in [0.29, 0.717) is 0 Å². The van der Waals surface area contributed by atoms with Gasteiger partial charge in [0, 0.05) is 28.0 Å². The molecule has 11 aromatic rings. The van der Waals surface area contributed by atoms with Crippen molar-refractivity contribution in [2.75, 3.05) is 0 Å². The van der Waals surface area contributed by atoms with Gasteiger partial charge in [0.05, 0.1) is 16.7 Å². The SMILES string of the molecule is c1ccc(-c2ccc(C3c4ccccc4-c4cc(-c5ccc6c(c5)c5cc7c(cc5n6-c5cccc6ccccc56)C(c5ccccc5)c5ccccc5-7)ccc43)cc2)cc1. The van der Waals surface area contributed by atoms with E-state index < -0.39 is 0 Å². The molecule has 1 aromatic heterocycles. The molecule has 0 spiro atoms. The monoisotopic (exact) mass is 773 g/mol. The van der Waals surface area contributed by atoms with E-state index in [9.17, 15) is 0 Å². The minimum absolute atomic E-state index is 0.172. The zero-order valence-corrected chi connectivity index (χ0v) is 33.5. The Morgan fingerprint density at radius 2 is 0.820 bits per heavy atom. The highest BCUT2D eigenvalue weighted by Crippen LogP contribution is 2.52. The third kappa shape index (κ3) is 5.20. The van der Waals surface area contributed by atoms with Crippen LogP contribution < -0.4 is 0 Å². The van der Waals surface area contributed by atoms with Gasteiger partial charge in [0.25, 0.3) is 0 Å². The van der Waals surface area contributed by atoms with Crippen LogP contribution >= 0.6 is 0 Å². The maximum Gasteiger partial charge on any atom is 0.0544 e. The molecule has 0 saturated carbocycles. The molecular weight excluding hydrogens is 735 g/mol. The van der Waals surface area contributed by atoms with Gasteiger partial charge in [-0.2, -0.15) is 0 Å². The van der Waals surface area contributed by atoms with E-state index in [1.807, 2.05) is 0 Å². The lowest BCUT2D eigenvalue weighted by atomic mass is 9.88. The van der Waals surface area contributed by atoms with Gasteiger partial charge in [-0.1, -0.05) is 188 Å². The molecule has 1 heteroatoms. The number of rotatable bonds is 5. The molecule has 13 rings (SSSR count). The van der Waals surface area contributed by atoms with E-state index in [1.165, 1.54) is 116 Å². The number of nitrogens with zero attached hydrogens (tertiary/aromatic N) is 1. The van der Waals surface area contributed by atoms with Gasteiger partial charge in [-0.3, -0.25) is 0 Å². The van der Waals surface area contributed by atoms with Crippen LogP contribution in [0.4, 0.5) is 0 Å². The summed E-state index contributed by atoms with van der Waals surface area (Å²) in [5, 5.41) is 5.03. The molecular formula is C60H39N. The predicted octanol–water partition coefficient (Wildman–Crippen LogP) is 15.6. The topological polar surface area (TPSA) is 4.93 Å². The van der Waals surface area contributed by atoms with Crippen LogP contribution in [0.1, 0.15) is 45.2 Å². The Morgan fingerprint density at radius 1 is 0.279 bits per heavy atom. The Labute approximate surface area is 355 Å². The Hall–Kier alpha value is -7.74. The molecule has 284 valence electrons. The summed E-state index contributed by atoms with van der Waals surface area (Å²) >= 11 is 0. The molecule has 2 unspecified atom stereocenters. The quantitative estimate of drug-likeness (QED) is 0.164. The summed E-state index contributed by atoms with van der Waals surface area (Å²) in [6.45, 7) is 0. The van der Waals surface area contributed by atoms with Crippen LogP contribution in [0.5, 0.6) is 0 Å². The zero-order valence-electron chi connectivity index (χ0n) is 33.5. The second-order valence-electron chi connectivity index (χ2n) is 16.8. The summed E-state index contributed by atoms with van der Waals surface area (Å²) in [4.78, 5) is 0. The van der Waals surface area contributed by atoms with Gasteiger partial charge >= 0.3 is 0 Å². The third-order valence-electron chi connectivity index (χ3n) is 13.6. The normalized spacial score (nSPS) is 14.9. The minimum Gasteiger partial charge on any atom is -0.309 e. The molecule has 0 bridgehead atoms. The molecule has 0 saturated heterocycles. The molecule has 1 heterocycles. The first-order valence-corrected chi connectivity index (χ1v) is 21.4. The van der Waals surface area contributed by atoms with Crippen LogP contribution in [-0.4, -0.2) is 4.57 Å². The molecule has 61 heavy (non-hydrogen) atoms. The molecule has 0 amide bonds. The standard InChI is InChI=1S/C60H39N/c1-3-14-38(15-4-1)39-26-28-42(29-27-39)59-48-23-11-9-21-46(48)51-34-43(30-32-50(51)59)44-31-33-57-53(35-44)54-36-52-47-22-10-12-24-49(47)60(41-17-5-2-6-18-41)55(52)37-58(54)61(57)56-25-13-19-40-16-7-8-20-45(40)56/h1-37,59-60H. The molecule has 2 aliphatic rings. The van der Waals surface area contributed by atoms with Gasteiger partial charge in [-0.15, -0.1) is 0 Å². The highest BCUT2D eigenvalue weighted by Gasteiger charge is 2.32. The van der Waals surface area contributed by atoms with Gasteiger partial charge in [-0.05, 0) is 120 Å². The third-order valence-corrected chi connectivity index (χ3v) is 13.6. The maximum atomic E-state index is 2.52. The number of benzene rings is 10. The summed E-state index contributed by atoms with van der Waals surface area (Å²) < 4.78 is 2.52. The van der Waals surface area contributed by atoms with Crippen molar-refractivity contribution in [3.63, 3.8) is 0 Å². The van der Waals surface area contributed by atoms with E-state index in [1.54, 1.807) is 0 Å². The fourth-order valence-corrected chi connectivity index (χ4v) is 10.8. The van der Waals surface area contributed by atoms with Crippen molar-refractivity contribution in [1.82, 2.24) is 4.57 Å². The van der Waals surface area contributed by atoms with Crippen molar-refractivity contribution in [2.24, 2.45) is 0 Å². The molecule has 0 radical (unpaired) electrons. The first-order chi connectivity index (χ1) is 30.3. The van der Waals surface area contributed by atoms with E-state index in [0.717, 1.165) is 0 Å². The molecule has 2 aliphatic carbocycles. The van der Waals surface area contributed by atoms with Crippen LogP contribution in [0.2, 0.25) is 0 Å². The lowest BCUT2D eigenvalue weighted by Gasteiger charge is -2.16. The molecule has 10 aromatic carbocycles. The van der Waals surface area contributed by atoms with Crippen LogP contribution in [0, 0.1) is 0 Å². The van der Waals surface area contributed by atoms with Crippen molar-refractivity contribution >= 4 is 32.6 Å². The van der Waals surface area contributed by atoms with Gasteiger partial charge in [0.1, 0.15) is 0 Å². The summed E-state index contributed by atoms with van der Waals surface area (Å²) in [5.41, 5.74) is 22.1. The fraction of sp³-hybridized carbons (Fsp3) is 0.0333. The van der Waals surface area contributed by atoms with Gasteiger partial charge in [0.15, 0.2) is 0 Å². The summed E-state index contributed by atoms with van der Waals surface area (Å²) in [7, 11) is 0. The zero-order chi connectivity index (χ0) is 40.0. The van der Waals surface area contributed by atoms with E-state index in [4.69, 9.17) is 0 Å². The van der Waals surface area contributed by atoms with Crippen molar-refractivity contribution in [3.8, 4) is 50.2 Å². The first kappa shape index (κ1) is 34.2. The van der Waals surface area contributed by atoms with E-state index in [-0.39, 0.29) is 11.8 Å². The van der Waals surface area contributed by atoms with Gasteiger partial charge < -0.3 is 4.57 Å². The number of aromatic nitrogens is 1. The van der Waals surface area contributed by atoms with Gasteiger partial charge in [-0.25, -0.2) is 0 Å². The maximum absolute atomic E-state index is 2.52. The van der Waals surface area contributed by atoms with E-state index >= 15 is 0 Å². The predicted molar refractivity (Wildman–Crippen MR) is 255 cm³/mol. The number of fused-ring (bicyclic) bond motifs is 10. The summed E-state index contributed by atoms with van der Waals surface area (Å²) in [6.07, 6.45) is 0. The Kier molecular flexibility index (Phi) is 7.50. The Morgan fingerprint density at radius 3 is 1.61 bits per heavy atom. The van der Waals surface area contributed by atoms with Crippen LogP contribution in [-0.2, 0) is 0 Å². The smallest absolute Gasteiger partial charge is 0.0544 e. The van der Waals surface area contributed by atoms with Crippen molar-refractivity contribution in [3.05, 3.63) is 258 Å². The average Bonchev–Trinajstić information content (AvgIpc) is 3.96. The van der Waals surface area contributed by atoms with Crippen molar-refractivity contribution in [1.29, 1.82) is 0 Å². The number of hydrogen-bond donors (Lipinski definition) is 0. The van der Waals surface area contributed by atoms with Crippen molar-refractivity contribution < 1.29 is 0 Å². The summed E-state index contributed by atoms with van der Waals surface area (Å²) in [5.74, 6) is 0.363. The van der Waals surface area contributed by atoms with Crippen LogP contribution in [0.3, 0.4) is 0 Å². The molecule has 0 aliphatic heterocycles. The molecule has 1 nitrogen and oxygen atoms in total. The van der Waals surface area contributed by atoms with Crippen molar-refractivity contribution in [2.45, 2.75) is 11.8 Å². The fourth-order valence-electron chi connectivity index (χ4n) is 10.8.